The predicted octanol–water partition coefficient (Wildman–Crippen LogP) is 3.78. The van der Waals surface area contributed by atoms with Crippen molar-refractivity contribution in [2.75, 3.05) is 68.9 Å². The maximum Gasteiger partial charge on any atom is 0.271 e. The van der Waals surface area contributed by atoms with Crippen molar-refractivity contribution < 1.29 is 4.92 Å². The molecule has 8 nitrogen and oxygen atoms in total. The van der Waals surface area contributed by atoms with E-state index in [1.54, 1.807) is 12.1 Å². The molecule has 2 fully saturated rings. The highest BCUT2D eigenvalue weighted by Crippen LogP contribution is 2.35. The number of fused-ring (bicyclic) bond motifs is 2. The van der Waals surface area contributed by atoms with Crippen LogP contribution in [-0.2, 0) is 12.8 Å². The predicted molar refractivity (Wildman–Crippen MR) is 147 cm³/mol. The third-order valence-electron chi connectivity index (χ3n) is 8.51. The second kappa shape index (κ2) is 10.6. The summed E-state index contributed by atoms with van der Waals surface area (Å²) >= 11 is 0. The molecule has 0 aliphatic carbocycles. The highest BCUT2D eigenvalue weighted by atomic mass is 16.6. The standard InChI is InChI=1S/C14H19N3O2.C14H21N3/c1-15-7-5-12(6-8-15)16-9-4-11-2-3-13(17(18)19)10-14(11)16;1-16-7-5-13(6-8-16)17-9-4-11-2-3-12(15)10-14(11)17/h2-3,10,12H,4-9H2,1H3;2-3,10,13H,4-9,15H2,1H3. The number of anilines is 3. The lowest BCUT2D eigenvalue weighted by atomic mass is 10.0. The van der Waals surface area contributed by atoms with Crippen molar-refractivity contribution in [3.8, 4) is 0 Å². The van der Waals surface area contributed by atoms with E-state index in [1.165, 1.54) is 55.7 Å². The van der Waals surface area contributed by atoms with Crippen LogP contribution in [0.5, 0.6) is 0 Å². The van der Waals surface area contributed by atoms with Crippen molar-refractivity contribution in [3.05, 3.63) is 57.6 Å². The quantitative estimate of drug-likeness (QED) is 0.397. The molecular weight excluding hydrogens is 452 g/mol. The average Bonchev–Trinajstić information content (AvgIpc) is 3.49. The molecule has 4 aliphatic rings. The number of non-ortho nitro benzene ring substituents is 1. The van der Waals surface area contributed by atoms with E-state index in [-0.39, 0.29) is 10.6 Å². The molecule has 2 aromatic rings. The van der Waals surface area contributed by atoms with Gasteiger partial charge in [0.1, 0.15) is 0 Å². The van der Waals surface area contributed by atoms with Gasteiger partial charge in [0.2, 0.25) is 0 Å². The van der Waals surface area contributed by atoms with Crippen LogP contribution in [0.15, 0.2) is 36.4 Å². The number of nitrogen functional groups attached to an aromatic ring is 1. The third kappa shape index (κ3) is 5.30. The molecule has 2 aromatic carbocycles. The topological polar surface area (TPSA) is 82.1 Å². The van der Waals surface area contributed by atoms with E-state index in [1.807, 2.05) is 12.1 Å². The van der Waals surface area contributed by atoms with Crippen LogP contribution in [0.1, 0.15) is 36.8 Å². The van der Waals surface area contributed by atoms with Gasteiger partial charge in [0.25, 0.3) is 5.69 Å². The molecule has 0 aromatic heterocycles. The molecule has 0 bridgehead atoms. The third-order valence-corrected chi connectivity index (χ3v) is 8.51. The number of hydrogen-bond acceptors (Lipinski definition) is 7. The summed E-state index contributed by atoms with van der Waals surface area (Å²) in [6, 6.07) is 12.9. The summed E-state index contributed by atoms with van der Waals surface area (Å²) < 4.78 is 0. The Labute approximate surface area is 214 Å². The molecule has 6 rings (SSSR count). The van der Waals surface area contributed by atoms with Gasteiger partial charge in [0.05, 0.1) is 4.92 Å². The summed E-state index contributed by atoms with van der Waals surface area (Å²) in [7, 11) is 4.37. The molecule has 36 heavy (non-hydrogen) atoms. The zero-order valence-electron chi connectivity index (χ0n) is 21.7. The normalized spacial score (nSPS) is 21.2. The zero-order chi connectivity index (χ0) is 25.2. The molecule has 194 valence electrons. The van der Waals surface area contributed by atoms with Crippen LogP contribution in [-0.4, -0.2) is 80.2 Å². The minimum atomic E-state index is -0.300. The van der Waals surface area contributed by atoms with Gasteiger partial charge < -0.3 is 25.3 Å². The van der Waals surface area contributed by atoms with Crippen molar-refractivity contribution >= 4 is 22.7 Å². The van der Waals surface area contributed by atoms with Gasteiger partial charge in [-0.05, 0) is 102 Å². The molecule has 0 amide bonds. The molecule has 0 saturated carbocycles. The van der Waals surface area contributed by atoms with E-state index in [2.05, 4.69) is 45.8 Å². The largest absolute Gasteiger partial charge is 0.399 e. The Hall–Kier alpha value is -2.84. The molecule has 4 heterocycles. The van der Waals surface area contributed by atoms with Gasteiger partial charge in [0, 0.05) is 54.4 Å². The Bertz CT molecular complexity index is 1080. The molecule has 4 aliphatic heterocycles. The van der Waals surface area contributed by atoms with Gasteiger partial charge in [-0.2, -0.15) is 0 Å². The van der Waals surface area contributed by atoms with Crippen LogP contribution < -0.4 is 15.5 Å². The molecule has 0 unspecified atom stereocenters. The fourth-order valence-corrected chi connectivity index (χ4v) is 6.30. The minimum absolute atomic E-state index is 0.207. The summed E-state index contributed by atoms with van der Waals surface area (Å²) in [6.07, 6.45) is 7.06. The van der Waals surface area contributed by atoms with E-state index in [9.17, 15) is 10.1 Å². The summed E-state index contributed by atoms with van der Waals surface area (Å²) in [4.78, 5) is 20.3. The van der Waals surface area contributed by atoms with E-state index >= 15 is 0 Å². The first-order valence-electron chi connectivity index (χ1n) is 13.4. The van der Waals surface area contributed by atoms with Crippen LogP contribution in [0.2, 0.25) is 0 Å². The second-order valence-corrected chi connectivity index (χ2v) is 10.9. The van der Waals surface area contributed by atoms with Gasteiger partial charge in [-0.15, -0.1) is 0 Å². The zero-order valence-corrected chi connectivity index (χ0v) is 21.7. The van der Waals surface area contributed by atoms with Gasteiger partial charge in [-0.3, -0.25) is 10.1 Å². The average molecular weight is 493 g/mol. The Morgan fingerprint density at radius 1 is 0.750 bits per heavy atom. The van der Waals surface area contributed by atoms with Crippen molar-refractivity contribution in [1.82, 2.24) is 9.80 Å². The Balaban J connectivity index is 0.000000149. The Morgan fingerprint density at radius 2 is 1.22 bits per heavy atom. The molecular formula is C28H40N6O2. The number of nitrogens with two attached hydrogens (primary N) is 1. The first-order valence-corrected chi connectivity index (χ1v) is 13.4. The fourth-order valence-electron chi connectivity index (χ4n) is 6.30. The first-order chi connectivity index (χ1) is 17.4. The van der Waals surface area contributed by atoms with E-state index in [4.69, 9.17) is 5.73 Å². The number of nitrogens with zero attached hydrogens (tertiary/aromatic N) is 5. The number of hydrogen-bond donors (Lipinski definition) is 1. The lowest BCUT2D eigenvalue weighted by Crippen LogP contribution is -2.43. The lowest BCUT2D eigenvalue weighted by molar-refractivity contribution is -0.384. The first kappa shape index (κ1) is 24.8. The highest BCUT2D eigenvalue weighted by molar-refractivity contribution is 5.65. The number of benzene rings is 2. The lowest BCUT2D eigenvalue weighted by Gasteiger charge is -2.36. The molecule has 0 spiro atoms. The number of rotatable bonds is 3. The van der Waals surface area contributed by atoms with Crippen molar-refractivity contribution in [2.24, 2.45) is 0 Å². The van der Waals surface area contributed by atoms with Crippen LogP contribution in [0.3, 0.4) is 0 Å². The van der Waals surface area contributed by atoms with Crippen LogP contribution in [0, 0.1) is 10.1 Å². The molecule has 8 heteroatoms. The number of likely N-dealkylation sites (tertiary alicyclic amines) is 2. The van der Waals surface area contributed by atoms with Crippen molar-refractivity contribution in [3.63, 3.8) is 0 Å². The highest BCUT2D eigenvalue weighted by Gasteiger charge is 2.30. The summed E-state index contributed by atoms with van der Waals surface area (Å²) in [6.45, 7) is 6.85. The molecule has 0 atom stereocenters. The number of nitro groups is 1. The van der Waals surface area contributed by atoms with Crippen molar-refractivity contribution in [1.29, 1.82) is 0 Å². The van der Waals surface area contributed by atoms with Gasteiger partial charge >= 0.3 is 0 Å². The Kier molecular flexibility index (Phi) is 7.34. The van der Waals surface area contributed by atoms with Crippen LogP contribution >= 0.6 is 0 Å². The maximum atomic E-state index is 10.9. The molecule has 2 saturated heterocycles. The second-order valence-electron chi connectivity index (χ2n) is 10.9. The summed E-state index contributed by atoms with van der Waals surface area (Å²) in [5.74, 6) is 0. The smallest absolute Gasteiger partial charge is 0.271 e. The Morgan fingerprint density at radius 3 is 1.72 bits per heavy atom. The maximum absolute atomic E-state index is 10.9. The van der Waals surface area contributed by atoms with Gasteiger partial charge in [0.15, 0.2) is 0 Å². The van der Waals surface area contributed by atoms with Crippen LogP contribution in [0.25, 0.3) is 0 Å². The molecule has 2 N–H and O–H groups in total. The summed E-state index contributed by atoms with van der Waals surface area (Å²) in [5, 5.41) is 10.9. The monoisotopic (exact) mass is 492 g/mol. The van der Waals surface area contributed by atoms with E-state index in [0.717, 1.165) is 50.3 Å². The SMILES string of the molecule is CN1CCC(N2CCc3ccc(N)cc32)CC1.CN1CCC(N2CCc3ccc([N+](=O)[O-])cc32)CC1. The van der Waals surface area contributed by atoms with Crippen LogP contribution in [0.4, 0.5) is 22.7 Å². The van der Waals surface area contributed by atoms with Gasteiger partial charge in [-0.1, -0.05) is 12.1 Å². The number of nitro benzene ring substituents is 1. The summed E-state index contributed by atoms with van der Waals surface area (Å²) in [5.41, 5.74) is 12.2. The van der Waals surface area contributed by atoms with E-state index in [0.29, 0.717) is 12.1 Å². The van der Waals surface area contributed by atoms with Gasteiger partial charge in [-0.25, -0.2) is 0 Å². The minimum Gasteiger partial charge on any atom is -0.399 e. The van der Waals surface area contributed by atoms with E-state index < -0.39 is 0 Å². The number of piperidine rings is 2. The fraction of sp³-hybridized carbons (Fsp3) is 0.571. The molecule has 0 radical (unpaired) electrons. The van der Waals surface area contributed by atoms with Crippen molar-refractivity contribution in [2.45, 2.75) is 50.6 Å².